The van der Waals surface area contributed by atoms with Crippen molar-refractivity contribution in [1.82, 2.24) is 0 Å². The summed E-state index contributed by atoms with van der Waals surface area (Å²) in [6, 6.07) is 20.3. The van der Waals surface area contributed by atoms with Crippen molar-refractivity contribution in [3.63, 3.8) is 0 Å². The third kappa shape index (κ3) is 3.27. The van der Waals surface area contributed by atoms with E-state index in [1.165, 1.54) is 4.46 Å². The summed E-state index contributed by atoms with van der Waals surface area (Å²) < 4.78 is 13.5. The van der Waals surface area contributed by atoms with E-state index in [1.807, 2.05) is 36.4 Å². The van der Waals surface area contributed by atoms with Crippen molar-refractivity contribution in [2.75, 3.05) is 0 Å². The van der Waals surface area contributed by atoms with Crippen LogP contribution in [0.15, 0.2) is 60.7 Å². The summed E-state index contributed by atoms with van der Waals surface area (Å²) in [5.41, 5.74) is 0.887. The van der Waals surface area contributed by atoms with Crippen LogP contribution in [0.4, 0.5) is 0 Å². The van der Waals surface area contributed by atoms with E-state index in [4.69, 9.17) is 9.47 Å². The van der Waals surface area contributed by atoms with Crippen molar-refractivity contribution < 1.29 is 14.3 Å². The number of rotatable bonds is 3. The Kier molecular flexibility index (Phi) is 4.70. The van der Waals surface area contributed by atoms with Crippen LogP contribution >= 0.6 is 0 Å². The molecule has 1 heterocycles. The molecule has 0 N–H and O–H groups in total. The summed E-state index contributed by atoms with van der Waals surface area (Å²) in [7, 11) is 0. The molecule has 3 nitrogen and oxygen atoms in total. The second-order valence-corrected chi connectivity index (χ2v) is 9.02. The third-order valence-corrected chi connectivity index (χ3v) is 7.45. The topological polar surface area (TPSA) is 35.5 Å². The first-order chi connectivity index (χ1) is 11.8. The molecule has 0 amide bonds. The zero-order chi connectivity index (χ0) is 16.4. The molecule has 0 bridgehead atoms. The molecule has 0 spiro atoms. The molecule has 0 unspecified atom stereocenters. The zero-order valence-corrected chi connectivity index (χ0v) is 15.1. The maximum absolute atomic E-state index is 12.4. The van der Waals surface area contributed by atoms with Gasteiger partial charge in [0.1, 0.15) is 0 Å². The molecule has 4 heteroatoms. The first kappa shape index (κ1) is 15.9. The van der Waals surface area contributed by atoms with Crippen molar-refractivity contribution >= 4 is 25.4 Å². The minimum absolute atomic E-state index is 0.0156. The number of carbonyl (C=O) groups excluding carboxylic acids is 1. The molecule has 24 heavy (non-hydrogen) atoms. The summed E-state index contributed by atoms with van der Waals surface area (Å²) in [6.45, 7) is 0. The average Bonchev–Trinajstić information content (AvgIpc) is 2.63. The molecule has 1 saturated heterocycles. The second kappa shape index (κ2) is 7.10. The van der Waals surface area contributed by atoms with Crippen LogP contribution < -0.4 is 4.46 Å². The summed E-state index contributed by atoms with van der Waals surface area (Å²) in [5, 5.41) is 0. The molecule has 2 aliphatic rings. The number of hydrogen-bond acceptors (Lipinski definition) is 3. The van der Waals surface area contributed by atoms with E-state index >= 15 is 0 Å². The van der Waals surface area contributed by atoms with Gasteiger partial charge in [-0.3, -0.25) is 0 Å². The van der Waals surface area contributed by atoms with E-state index in [2.05, 4.69) is 24.3 Å². The van der Waals surface area contributed by atoms with Crippen molar-refractivity contribution in [3.05, 3.63) is 66.2 Å². The monoisotopic (exact) mass is 388 g/mol. The van der Waals surface area contributed by atoms with Gasteiger partial charge in [0.2, 0.25) is 0 Å². The van der Waals surface area contributed by atoms with E-state index in [1.54, 1.807) is 0 Å². The first-order valence-corrected chi connectivity index (χ1v) is 10.3. The van der Waals surface area contributed by atoms with Gasteiger partial charge in [-0.05, 0) is 0 Å². The Bertz CT molecular complexity index is 689. The van der Waals surface area contributed by atoms with Crippen LogP contribution in [0.25, 0.3) is 0 Å². The molecule has 0 radical (unpaired) electrons. The molecule has 1 aliphatic heterocycles. The van der Waals surface area contributed by atoms with Gasteiger partial charge in [-0.1, -0.05) is 0 Å². The zero-order valence-electron chi connectivity index (χ0n) is 13.3. The molecule has 1 aliphatic carbocycles. The Labute approximate surface area is 148 Å². The van der Waals surface area contributed by atoms with Crippen LogP contribution in [0.3, 0.4) is 0 Å². The van der Waals surface area contributed by atoms with Gasteiger partial charge in [0.15, 0.2) is 0 Å². The molecule has 4 atom stereocenters. The van der Waals surface area contributed by atoms with E-state index in [0.717, 1.165) is 24.8 Å². The van der Waals surface area contributed by atoms with Crippen molar-refractivity contribution in [2.24, 2.45) is 0 Å². The van der Waals surface area contributed by atoms with Crippen LogP contribution in [0.5, 0.6) is 0 Å². The van der Waals surface area contributed by atoms with Gasteiger partial charge in [-0.15, -0.1) is 0 Å². The molecule has 124 valence electrons. The molecular formula is C20H20O3Se. The number of hydrogen-bond donors (Lipinski definition) is 0. The van der Waals surface area contributed by atoms with Gasteiger partial charge in [0, 0.05) is 0 Å². The Morgan fingerprint density at radius 2 is 1.62 bits per heavy atom. The summed E-state index contributed by atoms with van der Waals surface area (Å²) in [4.78, 5) is 12.8. The van der Waals surface area contributed by atoms with E-state index in [-0.39, 0.29) is 18.2 Å². The molecule has 1 saturated carbocycles. The number of ether oxygens (including phenoxy) is 2. The fourth-order valence-electron chi connectivity index (χ4n) is 3.46. The van der Waals surface area contributed by atoms with Gasteiger partial charge in [0.25, 0.3) is 0 Å². The predicted octanol–water partition coefficient (Wildman–Crippen LogP) is 3.04. The molecule has 0 aromatic heterocycles. The Morgan fingerprint density at radius 3 is 2.38 bits per heavy atom. The quantitative estimate of drug-likeness (QED) is 0.600. The number of benzene rings is 2. The summed E-state index contributed by atoms with van der Waals surface area (Å²) >= 11 is 0.329. The Hall–Kier alpha value is -1.61. The summed E-state index contributed by atoms with van der Waals surface area (Å²) in [6.07, 6.45) is 2.52. The molecule has 2 aromatic rings. The molecule has 2 fully saturated rings. The Balaban J connectivity index is 1.55. The number of esters is 1. The van der Waals surface area contributed by atoms with Crippen molar-refractivity contribution in [2.45, 2.75) is 42.4 Å². The van der Waals surface area contributed by atoms with Crippen molar-refractivity contribution in [3.8, 4) is 0 Å². The van der Waals surface area contributed by atoms with Gasteiger partial charge >= 0.3 is 148 Å². The Morgan fingerprint density at radius 1 is 0.917 bits per heavy atom. The van der Waals surface area contributed by atoms with Crippen molar-refractivity contribution in [1.29, 1.82) is 0 Å². The van der Waals surface area contributed by atoms with E-state index in [0.29, 0.717) is 19.8 Å². The van der Waals surface area contributed by atoms with E-state index in [9.17, 15) is 4.79 Å². The van der Waals surface area contributed by atoms with Crippen LogP contribution in [0.2, 0.25) is 4.82 Å². The van der Waals surface area contributed by atoms with Crippen LogP contribution in [0, 0.1) is 0 Å². The van der Waals surface area contributed by atoms with Crippen LogP contribution in [0.1, 0.15) is 30.9 Å². The van der Waals surface area contributed by atoms with Crippen LogP contribution in [-0.2, 0) is 14.3 Å². The molecular weight excluding hydrogens is 367 g/mol. The maximum atomic E-state index is 12.4. The normalized spacial score (nSPS) is 29.6. The second-order valence-electron chi connectivity index (χ2n) is 6.27. The van der Waals surface area contributed by atoms with Gasteiger partial charge < -0.3 is 0 Å². The summed E-state index contributed by atoms with van der Waals surface area (Å²) in [5.74, 6) is -0.240. The fourth-order valence-corrected chi connectivity index (χ4v) is 6.23. The molecule has 2 aromatic carbocycles. The average molecular weight is 387 g/mol. The van der Waals surface area contributed by atoms with Crippen LogP contribution in [-0.4, -0.2) is 33.1 Å². The number of fused-ring (bicyclic) bond motifs is 1. The first-order valence-electron chi connectivity index (χ1n) is 8.44. The van der Waals surface area contributed by atoms with Gasteiger partial charge in [-0.2, -0.15) is 0 Å². The predicted molar refractivity (Wildman–Crippen MR) is 93.4 cm³/mol. The van der Waals surface area contributed by atoms with Gasteiger partial charge in [0.05, 0.1) is 0 Å². The van der Waals surface area contributed by atoms with Gasteiger partial charge in [-0.25, -0.2) is 0 Å². The fraction of sp³-hybridized carbons (Fsp3) is 0.350. The minimum atomic E-state index is -0.584. The third-order valence-electron chi connectivity index (χ3n) is 4.62. The molecule has 4 rings (SSSR count). The SMILES string of the molecule is O=C1O[C@H]2CCC[C@H]([Se]c3ccccc3)[C@H]2O[C@H]1c1ccccc1. The standard InChI is InChI=1S/C20H20O3Se/c21-20-18(14-8-3-1-4-9-14)23-19-16(22-20)12-7-13-17(19)24-15-10-5-2-6-11-15/h1-6,8-11,16-19H,7,12-13H2/t16-,17-,18-,19-/m0/s1. The van der Waals surface area contributed by atoms with E-state index < -0.39 is 6.10 Å². The number of carbonyl (C=O) groups is 1.